The number of amides is 1. The predicted molar refractivity (Wildman–Crippen MR) is 58.5 cm³/mol. The van der Waals surface area contributed by atoms with Crippen molar-refractivity contribution in [3.05, 3.63) is 33.1 Å². The van der Waals surface area contributed by atoms with Crippen LogP contribution in [0.3, 0.4) is 0 Å². The first-order valence-corrected chi connectivity index (χ1v) is 5.34. The Morgan fingerprint density at radius 2 is 2.35 bits per heavy atom. The molecule has 2 heterocycles. The van der Waals surface area contributed by atoms with Gasteiger partial charge in [-0.2, -0.15) is 0 Å². The van der Waals surface area contributed by atoms with Gasteiger partial charge in [0.25, 0.3) is 5.56 Å². The van der Waals surface area contributed by atoms with Crippen LogP contribution in [0.4, 0.5) is 0 Å². The van der Waals surface area contributed by atoms with Gasteiger partial charge in [-0.05, 0) is 12.8 Å². The molecular weight excluding hydrogens is 226 g/mol. The zero-order valence-corrected chi connectivity index (χ0v) is 9.09. The van der Waals surface area contributed by atoms with E-state index in [1.165, 1.54) is 16.8 Å². The number of nitrogens with one attached hydrogen (secondary N) is 2. The predicted octanol–water partition coefficient (Wildman–Crippen LogP) is -1.04. The molecular formula is C10H13N3O4. The molecule has 1 saturated heterocycles. The van der Waals surface area contributed by atoms with Crippen LogP contribution in [-0.2, 0) is 9.53 Å². The van der Waals surface area contributed by atoms with E-state index in [1.54, 1.807) is 0 Å². The maximum absolute atomic E-state index is 11.5. The highest BCUT2D eigenvalue weighted by atomic mass is 16.5. The third-order valence-electron chi connectivity index (χ3n) is 2.68. The van der Waals surface area contributed by atoms with E-state index < -0.39 is 11.2 Å². The van der Waals surface area contributed by atoms with Gasteiger partial charge in [0.05, 0.1) is 6.10 Å². The lowest BCUT2D eigenvalue weighted by atomic mass is 10.2. The van der Waals surface area contributed by atoms with E-state index in [9.17, 15) is 14.4 Å². The number of rotatable bonds is 4. The Morgan fingerprint density at radius 1 is 1.53 bits per heavy atom. The van der Waals surface area contributed by atoms with Gasteiger partial charge in [0.1, 0.15) is 6.23 Å². The summed E-state index contributed by atoms with van der Waals surface area (Å²) in [5.41, 5.74) is -0.907. The van der Waals surface area contributed by atoms with Crippen molar-refractivity contribution < 1.29 is 9.53 Å². The van der Waals surface area contributed by atoms with Crippen molar-refractivity contribution in [2.45, 2.75) is 25.2 Å². The molecule has 0 saturated carbocycles. The number of nitrogens with zero attached hydrogens (tertiary/aromatic N) is 1. The topological polar surface area (TPSA) is 93.2 Å². The van der Waals surface area contributed by atoms with E-state index in [1.807, 2.05) is 0 Å². The van der Waals surface area contributed by atoms with Gasteiger partial charge in [0, 0.05) is 18.8 Å². The molecule has 1 aliphatic heterocycles. The van der Waals surface area contributed by atoms with Gasteiger partial charge in [-0.15, -0.1) is 0 Å². The van der Waals surface area contributed by atoms with Gasteiger partial charge in [-0.25, -0.2) is 4.79 Å². The third-order valence-corrected chi connectivity index (χ3v) is 2.68. The number of aromatic nitrogens is 2. The number of carbonyl (C=O) groups is 1. The van der Waals surface area contributed by atoms with Crippen LogP contribution in [0, 0.1) is 0 Å². The largest absolute Gasteiger partial charge is 0.356 e. The normalized spacial score (nSPS) is 23.5. The monoisotopic (exact) mass is 239 g/mol. The van der Waals surface area contributed by atoms with Crippen LogP contribution in [0.5, 0.6) is 0 Å². The highest BCUT2D eigenvalue weighted by Crippen LogP contribution is 2.26. The van der Waals surface area contributed by atoms with Gasteiger partial charge in [-0.3, -0.25) is 19.1 Å². The summed E-state index contributed by atoms with van der Waals surface area (Å²) >= 11 is 0. The smallest absolute Gasteiger partial charge is 0.330 e. The average Bonchev–Trinajstić information content (AvgIpc) is 2.75. The Labute approximate surface area is 96.4 Å². The maximum atomic E-state index is 11.5. The number of H-pyrrole nitrogens is 1. The maximum Gasteiger partial charge on any atom is 0.330 e. The first-order chi connectivity index (χ1) is 8.20. The highest BCUT2D eigenvalue weighted by Gasteiger charge is 2.26. The molecule has 0 bridgehead atoms. The van der Waals surface area contributed by atoms with Crippen LogP contribution >= 0.6 is 0 Å². The second kappa shape index (κ2) is 4.96. The summed E-state index contributed by atoms with van der Waals surface area (Å²) in [6, 6.07) is 1.28. The summed E-state index contributed by atoms with van der Waals surface area (Å²) in [7, 11) is 0. The molecule has 0 aromatic carbocycles. The lowest BCUT2D eigenvalue weighted by molar-refractivity contribution is -0.110. The zero-order valence-electron chi connectivity index (χ0n) is 9.09. The molecule has 92 valence electrons. The van der Waals surface area contributed by atoms with Crippen LogP contribution in [0.1, 0.15) is 19.1 Å². The Balaban J connectivity index is 2.07. The average molecular weight is 239 g/mol. The lowest BCUT2D eigenvalue weighted by Crippen LogP contribution is -2.32. The van der Waals surface area contributed by atoms with E-state index >= 15 is 0 Å². The summed E-state index contributed by atoms with van der Waals surface area (Å²) in [4.78, 5) is 34.7. The summed E-state index contributed by atoms with van der Waals surface area (Å²) < 4.78 is 6.94. The zero-order chi connectivity index (χ0) is 12.3. The van der Waals surface area contributed by atoms with E-state index in [-0.39, 0.29) is 12.3 Å². The van der Waals surface area contributed by atoms with E-state index in [0.29, 0.717) is 19.4 Å². The first-order valence-electron chi connectivity index (χ1n) is 5.34. The minimum absolute atomic E-state index is 0.0935. The molecule has 1 aliphatic rings. The number of hydrogen-bond donors (Lipinski definition) is 2. The van der Waals surface area contributed by atoms with Crippen LogP contribution in [0.25, 0.3) is 0 Å². The number of aromatic amines is 1. The van der Waals surface area contributed by atoms with Crippen LogP contribution in [0.2, 0.25) is 0 Å². The molecule has 1 aromatic heterocycles. The van der Waals surface area contributed by atoms with Gasteiger partial charge >= 0.3 is 5.69 Å². The summed E-state index contributed by atoms with van der Waals surface area (Å²) in [6.07, 6.45) is 3.00. The molecule has 1 fully saturated rings. The second-order valence-electron chi connectivity index (χ2n) is 3.83. The van der Waals surface area contributed by atoms with Crippen LogP contribution in [0.15, 0.2) is 21.9 Å². The molecule has 1 aromatic rings. The molecule has 0 spiro atoms. The molecule has 0 radical (unpaired) electrons. The Bertz CT molecular complexity index is 507. The van der Waals surface area contributed by atoms with Gasteiger partial charge in [-0.1, -0.05) is 0 Å². The van der Waals surface area contributed by atoms with Crippen molar-refractivity contribution in [2.75, 3.05) is 6.54 Å². The summed E-state index contributed by atoms with van der Waals surface area (Å²) in [5.74, 6) is 0. The molecule has 2 unspecified atom stereocenters. The minimum atomic E-state index is -0.480. The fourth-order valence-electron chi connectivity index (χ4n) is 1.88. The molecule has 1 amide bonds. The highest BCUT2D eigenvalue weighted by molar-refractivity contribution is 5.45. The number of hydrogen-bond acceptors (Lipinski definition) is 4. The Kier molecular flexibility index (Phi) is 3.38. The van der Waals surface area contributed by atoms with Crippen molar-refractivity contribution in [2.24, 2.45) is 0 Å². The van der Waals surface area contributed by atoms with Crippen LogP contribution in [-0.4, -0.2) is 28.6 Å². The van der Waals surface area contributed by atoms with E-state index in [0.717, 1.165) is 6.42 Å². The standard InChI is InChI=1S/C10H13N3O4/c14-6-11-5-7-1-2-9(17-7)13-4-3-8(15)12-10(13)16/h3-4,6-7,9H,1-2,5H2,(H,11,14)(H,12,15,16). The Morgan fingerprint density at radius 3 is 3.06 bits per heavy atom. The van der Waals surface area contributed by atoms with Crippen molar-refractivity contribution in [3.8, 4) is 0 Å². The van der Waals surface area contributed by atoms with Crippen LogP contribution < -0.4 is 16.6 Å². The van der Waals surface area contributed by atoms with Gasteiger partial charge in [0.2, 0.25) is 6.41 Å². The molecule has 17 heavy (non-hydrogen) atoms. The van der Waals surface area contributed by atoms with Crippen molar-refractivity contribution in [3.63, 3.8) is 0 Å². The minimum Gasteiger partial charge on any atom is -0.356 e. The van der Waals surface area contributed by atoms with E-state index in [4.69, 9.17) is 4.74 Å². The number of carbonyl (C=O) groups excluding carboxylic acids is 1. The molecule has 7 heteroatoms. The van der Waals surface area contributed by atoms with Crippen molar-refractivity contribution >= 4 is 6.41 Å². The molecule has 7 nitrogen and oxygen atoms in total. The fraction of sp³-hybridized carbons (Fsp3) is 0.500. The Hall–Kier alpha value is -1.89. The summed E-state index contributed by atoms with van der Waals surface area (Å²) in [6.45, 7) is 0.429. The fourth-order valence-corrected chi connectivity index (χ4v) is 1.88. The molecule has 0 aliphatic carbocycles. The molecule has 2 N–H and O–H groups in total. The molecule has 2 rings (SSSR count). The quantitative estimate of drug-likeness (QED) is 0.656. The lowest BCUT2D eigenvalue weighted by Gasteiger charge is -2.14. The first kappa shape index (κ1) is 11.6. The third kappa shape index (κ3) is 2.62. The van der Waals surface area contributed by atoms with Crippen molar-refractivity contribution in [1.82, 2.24) is 14.9 Å². The van der Waals surface area contributed by atoms with Gasteiger partial charge in [0.15, 0.2) is 0 Å². The second-order valence-corrected chi connectivity index (χ2v) is 3.83. The SMILES string of the molecule is O=CNCC1CCC(n2ccc(=O)[nH]c2=O)O1. The van der Waals surface area contributed by atoms with E-state index in [2.05, 4.69) is 10.3 Å². The summed E-state index contributed by atoms with van der Waals surface area (Å²) in [5, 5.41) is 2.54. The van der Waals surface area contributed by atoms with Gasteiger partial charge < -0.3 is 10.1 Å². The molecule has 2 atom stereocenters. The van der Waals surface area contributed by atoms with Crippen molar-refractivity contribution in [1.29, 1.82) is 0 Å². The number of ether oxygens (including phenoxy) is 1.